The fourth-order valence-electron chi connectivity index (χ4n) is 2.39. The number of nitro benzene ring substituents is 2. The second-order valence-corrected chi connectivity index (χ2v) is 5.11. The van der Waals surface area contributed by atoms with Crippen molar-refractivity contribution >= 4 is 17.1 Å². The normalized spacial score (nSPS) is 11.7. The van der Waals surface area contributed by atoms with E-state index < -0.39 is 9.85 Å². The van der Waals surface area contributed by atoms with E-state index in [9.17, 15) is 20.2 Å². The number of rotatable bonds is 7. The molecule has 0 amide bonds. The zero-order valence-electron chi connectivity index (χ0n) is 12.6. The van der Waals surface area contributed by atoms with Crippen molar-refractivity contribution in [3.8, 4) is 0 Å². The summed E-state index contributed by atoms with van der Waals surface area (Å²) in [6.45, 7) is 2.03. The van der Waals surface area contributed by atoms with Crippen LogP contribution in [0.2, 0.25) is 0 Å². The highest BCUT2D eigenvalue weighted by Gasteiger charge is 2.21. The van der Waals surface area contributed by atoms with Crippen molar-refractivity contribution in [1.82, 2.24) is 0 Å². The third-order valence-electron chi connectivity index (χ3n) is 3.50. The molecule has 2 aromatic carbocycles. The fraction of sp³-hybridized carbons (Fsp3) is 0.250. The molecule has 2 aromatic rings. The van der Waals surface area contributed by atoms with Gasteiger partial charge >= 0.3 is 0 Å². The van der Waals surface area contributed by atoms with Crippen LogP contribution in [0.15, 0.2) is 48.5 Å². The van der Waals surface area contributed by atoms with Crippen molar-refractivity contribution in [3.63, 3.8) is 0 Å². The Bertz CT molecular complexity index is 704. The number of non-ortho nitro benzene ring substituents is 1. The Morgan fingerprint density at radius 3 is 2.30 bits per heavy atom. The van der Waals surface area contributed by atoms with Gasteiger partial charge < -0.3 is 5.32 Å². The summed E-state index contributed by atoms with van der Waals surface area (Å²) in [5.74, 6) is 0. The summed E-state index contributed by atoms with van der Waals surface area (Å²) in [5, 5.41) is 25.2. The number of anilines is 1. The molecule has 0 saturated carbocycles. The summed E-state index contributed by atoms with van der Waals surface area (Å²) in [4.78, 5) is 20.8. The number of nitrogens with one attached hydrogen (secondary N) is 1. The molecule has 0 fully saturated rings. The van der Waals surface area contributed by atoms with Crippen molar-refractivity contribution in [2.24, 2.45) is 0 Å². The Balaban J connectivity index is 2.36. The Morgan fingerprint density at radius 2 is 1.74 bits per heavy atom. The first kappa shape index (κ1) is 16.4. The molecule has 0 aliphatic carbocycles. The number of hydrogen-bond donors (Lipinski definition) is 1. The largest absolute Gasteiger partial charge is 0.373 e. The lowest BCUT2D eigenvalue weighted by atomic mass is 10.0. The third kappa shape index (κ3) is 4.03. The van der Waals surface area contributed by atoms with E-state index in [1.165, 1.54) is 12.1 Å². The second kappa shape index (κ2) is 7.35. The molecule has 7 heteroatoms. The minimum atomic E-state index is -0.641. The zero-order chi connectivity index (χ0) is 16.8. The van der Waals surface area contributed by atoms with Gasteiger partial charge in [-0.1, -0.05) is 43.7 Å². The van der Waals surface area contributed by atoms with Crippen LogP contribution in [-0.4, -0.2) is 9.85 Å². The molecule has 0 spiro atoms. The summed E-state index contributed by atoms with van der Waals surface area (Å²) < 4.78 is 0. The number of benzene rings is 2. The summed E-state index contributed by atoms with van der Waals surface area (Å²) >= 11 is 0. The molecule has 120 valence electrons. The highest BCUT2D eigenvalue weighted by atomic mass is 16.6. The zero-order valence-corrected chi connectivity index (χ0v) is 12.6. The molecule has 0 heterocycles. The van der Waals surface area contributed by atoms with Gasteiger partial charge in [0.05, 0.1) is 22.0 Å². The maximum absolute atomic E-state index is 11.2. The van der Waals surface area contributed by atoms with Gasteiger partial charge in [-0.25, -0.2) is 0 Å². The molecule has 1 N–H and O–H groups in total. The minimum Gasteiger partial charge on any atom is -0.373 e. The first-order valence-corrected chi connectivity index (χ1v) is 7.27. The van der Waals surface area contributed by atoms with Crippen LogP contribution >= 0.6 is 0 Å². The topological polar surface area (TPSA) is 98.3 Å². The van der Waals surface area contributed by atoms with Gasteiger partial charge in [0.15, 0.2) is 0 Å². The maximum atomic E-state index is 11.2. The molecule has 0 unspecified atom stereocenters. The van der Waals surface area contributed by atoms with Gasteiger partial charge in [-0.2, -0.15) is 0 Å². The van der Waals surface area contributed by atoms with E-state index in [1.54, 1.807) is 0 Å². The predicted octanol–water partition coefficient (Wildman–Crippen LogP) is 4.46. The first-order valence-electron chi connectivity index (χ1n) is 7.27. The van der Waals surface area contributed by atoms with Crippen LogP contribution in [0, 0.1) is 20.2 Å². The van der Waals surface area contributed by atoms with Crippen LogP contribution < -0.4 is 5.32 Å². The van der Waals surface area contributed by atoms with Crippen LogP contribution in [0.3, 0.4) is 0 Å². The molecular formula is C16H17N3O4. The third-order valence-corrected chi connectivity index (χ3v) is 3.50. The molecule has 7 nitrogen and oxygen atoms in total. The predicted molar refractivity (Wildman–Crippen MR) is 87.5 cm³/mol. The van der Waals surface area contributed by atoms with Crippen molar-refractivity contribution in [2.45, 2.75) is 25.8 Å². The molecule has 1 atom stereocenters. The lowest BCUT2D eigenvalue weighted by Crippen LogP contribution is -2.12. The van der Waals surface area contributed by atoms with E-state index in [0.29, 0.717) is 0 Å². The standard InChI is InChI=1S/C16H17N3O4/c1-2-6-14(12-7-4-3-5-8-12)17-15-10-9-13(18(20)21)11-16(15)19(22)23/h3-5,7-11,14,17H,2,6H2,1H3/t14-/m0/s1. The van der Waals surface area contributed by atoms with E-state index in [0.717, 1.165) is 24.5 Å². The lowest BCUT2D eigenvalue weighted by molar-refractivity contribution is -0.393. The smallest absolute Gasteiger partial charge is 0.299 e. The highest BCUT2D eigenvalue weighted by molar-refractivity contribution is 5.66. The molecule has 0 radical (unpaired) electrons. The summed E-state index contributed by atoms with van der Waals surface area (Å²) in [5.41, 5.74) is 0.704. The molecule has 0 aliphatic rings. The SMILES string of the molecule is CCC[C@H](Nc1ccc([N+](=O)[O-])cc1[N+](=O)[O-])c1ccccc1. The molecule has 0 aliphatic heterocycles. The highest BCUT2D eigenvalue weighted by Crippen LogP contribution is 2.33. The molecule has 0 bridgehead atoms. The van der Waals surface area contributed by atoms with Gasteiger partial charge in [-0.15, -0.1) is 0 Å². The van der Waals surface area contributed by atoms with E-state index in [4.69, 9.17) is 0 Å². The quantitative estimate of drug-likeness (QED) is 0.601. The monoisotopic (exact) mass is 315 g/mol. The van der Waals surface area contributed by atoms with Crippen molar-refractivity contribution in [1.29, 1.82) is 0 Å². The van der Waals surface area contributed by atoms with Crippen LogP contribution in [0.1, 0.15) is 31.4 Å². The average Bonchev–Trinajstić information content (AvgIpc) is 2.55. The van der Waals surface area contributed by atoms with Gasteiger partial charge in [0.25, 0.3) is 11.4 Å². The van der Waals surface area contributed by atoms with Gasteiger partial charge in [-0.05, 0) is 18.1 Å². The first-order chi connectivity index (χ1) is 11.0. The maximum Gasteiger partial charge on any atom is 0.299 e. The van der Waals surface area contributed by atoms with Crippen LogP contribution in [0.25, 0.3) is 0 Å². The lowest BCUT2D eigenvalue weighted by Gasteiger charge is -2.19. The van der Waals surface area contributed by atoms with Gasteiger partial charge in [0.2, 0.25) is 0 Å². The number of nitrogens with zero attached hydrogens (tertiary/aromatic N) is 2. The Kier molecular flexibility index (Phi) is 5.24. The molecule has 2 rings (SSSR count). The van der Waals surface area contributed by atoms with Crippen LogP contribution in [-0.2, 0) is 0 Å². The molecule has 23 heavy (non-hydrogen) atoms. The van der Waals surface area contributed by atoms with Crippen LogP contribution in [0.5, 0.6) is 0 Å². The minimum absolute atomic E-state index is 0.0960. The molecule has 0 aromatic heterocycles. The van der Waals surface area contributed by atoms with E-state index in [1.807, 2.05) is 37.3 Å². The summed E-state index contributed by atoms with van der Waals surface area (Å²) in [6, 6.07) is 13.2. The van der Waals surface area contributed by atoms with Crippen molar-refractivity contribution in [3.05, 3.63) is 74.3 Å². The van der Waals surface area contributed by atoms with E-state index >= 15 is 0 Å². The van der Waals surface area contributed by atoms with Gasteiger partial charge in [0.1, 0.15) is 5.69 Å². The molecule has 0 saturated heterocycles. The number of nitro groups is 2. The Hall–Kier alpha value is -2.96. The van der Waals surface area contributed by atoms with Gasteiger partial charge in [0, 0.05) is 6.07 Å². The van der Waals surface area contributed by atoms with Crippen molar-refractivity contribution in [2.75, 3.05) is 5.32 Å². The fourth-order valence-corrected chi connectivity index (χ4v) is 2.39. The average molecular weight is 315 g/mol. The summed E-state index contributed by atoms with van der Waals surface area (Å²) in [6.07, 6.45) is 1.69. The Morgan fingerprint density at radius 1 is 1.04 bits per heavy atom. The van der Waals surface area contributed by atoms with Gasteiger partial charge in [-0.3, -0.25) is 20.2 Å². The second-order valence-electron chi connectivity index (χ2n) is 5.11. The number of hydrogen-bond acceptors (Lipinski definition) is 5. The van der Waals surface area contributed by atoms with Crippen LogP contribution in [0.4, 0.5) is 17.1 Å². The van der Waals surface area contributed by atoms with E-state index in [-0.39, 0.29) is 23.1 Å². The van der Waals surface area contributed by atoms with Crippen molar-refractivity contribution < 1.29 is 9.85 Å². The molecular weight excluding hydrogens is 298 g/mol. The van der Waals surface area contributed by atoms with E-state index in [2.05, 4.69) is 5.32 Å². The summed E-state index contributed by atoms with van der Waals surface area (Å²) in [7, 11) is 0. The Labute approximate surface area is 133 Å².